The van der Waals surface area contributed by atoms with Crippen LogP contribution in [0.15, 0.2) is 36.9 Å². The zero-order valence-corrected chi connectivity index (χ0v) is 16.8. The lowest BCUT2D eigenvalue weighted by molar-refractivity contribution is -0.136. The van der Waals surface area contributed by atoms with E-state index in [1.165, 1.54) is 6.33 Å². The van der Waals surface area contributed by atoms with Crippen molar-refractivity contribution >= 4 is 23.4 Å². The van der Waals surface area contributed by atoms with Gasteiger partial charge in [-0.3, -0.25) is 9.59 Å². The van der Waals surface area contributed by atoms with Gasteiger partial charge in [0.25, 0.3) is 0 Å². The smallest absolute Gasteiger partial charge is 0.247 e. The van der Waals surface area contributed by atoms with Gasteiger partial charge in [0.2, 0.25) is 11.8 Å². The molecule has 150 valence electrons. The molecule has 3 rings (SSSR count). The Morgan fingerprint density at radius 1 is 1.32 bits per heavy atom. The van der Waals surface area contributed by atoms with Crippen molar-refractivity contribution in [1.82, 2.24) is 25.0 Å². The molecule has 1 fully saturated rings. The van der Waals surface area contributed by atoms with E-state index in [4.69, 9.17) is 11.6 Å². The molecule has 2 amide bonds. The molecule has 0 saturated carbocycles. The minimum absolute atomic E-state index is 0.0540. The first-order valence-electron chi connectivity index (χ1n) is 9.67. The van der Waals surface area contributed by atoms with Crippen molar-refractivity contribution < 1.29 is 9.59 Å². The lowest BCUT2D eigenvalue weighted by Gasteiger charge is -2.33. The van der Waals surface area contributed by atoms with Gasteiger partial charge in [0, 0.05) is 31.1 Å². The average Bonchev–Trinajstić information content (AvgIpc) is 3.25. The number of halogens is 1. The van der Waals surface area contributed by atoms with Crippen LogP contribution in [0.25, 0.3) is 0 Å². The summed E-state index contributed by atoms with van der Waals surface area (Å²) in [5, 5.41) is 7.66. The van der Waals surface area contributed by atoms with Crippen molar-refractivity contribution in [2.24, 2.45) is 5.92 Å². The molecule has 1 atom stereocenters. The third kappa shape index (κ3) is 5.55. The molecular weight excluding hydrogens is 378 g/mol. The van der Waals surface area contributed by atoms with E-state index in [1.807, 2.05) is 36.1 Å². The molecule has 1 N–H and O–H groups in total. The van der Waals surface area contributed by atoms with Gasteiger partial charge in [-0.2, -0.15) is 5.10 Å². The molecule has 1 aliphatic rings. The van der Waals surface area contributed by atoms with Crippen molar-refractivity contribution in [3.8, 4) is 0 Å². The number of nitrogens with zero attached hydrogens (tertiary/aromatic N) is 4. The maximum atomic E-state index is 12.6. The first-order chi connectivity index (χ1) is 13.5. The summed E-state index contributed by atoms with van der Waals surface area (Å²) in [4.78, 5) is 30.5. The molecule has 0 radical (unpaired) electrons. The van der Waals surface area contributed by atoms with Gasteiger partial charge in [-0.05, 0) is 49.8 Å². The van der Waals surface area contributed by atoms with E-state index in [0.29, 0.717) is 23.9 Å². The summed E-state index contributed by atoms with van der Waals surface area (Å²) in [7, 11) is 0. The Bertz CT molecular complexity index is 788. The number of carbonyl (C=O) groups excluding carboxylic acids is 2. The number of hydrogen-bond donors (Lipinski definition) is 1. The number of rotatable bonds is 7. The first-order valence-corrected chi connectivity index (χ1v) is 10.0. The molecule has 0 aliphatic carbocycles. The van der Waals surface area contributed by atoms with Gasteiger partial charge in [0.15, 0.2) is 0 Å². The second-order valence-electron chi connectivity index (χ2n) is 7.27. The second kappa shape index (κ2) is 9.68. The standard InChI is InChI=1S/C20H26ClN5O2/c1-15(26-14-22-13-24-26)20(28)25-9-7-16(8-10-25)5-6-19(27)23-12-17-3-2-4-18(21)11-17/h2-4,11,13-16H,5-10,12H2,1H3,(H,23,27)/t15-/m1/s1. The maximum Gasteiger partial charge on any atom is 0.247 e. The van der Waals surface area contributed by atoms with Crippen LogP contribution in [0.2, 0.25) is 5.02 Å². The van der Waals surface area contributed by atoms with Crippen molar-refractivity contribution in [3.63, 3.8) is 0 Å². The fourth-order valence-corrected chi connectivity index (χ4v) is 3.72. The van der Waals surface area contributed by atoms with Crippen LogP contribution in [0.3, 0.4) is 0 Å². The van der Waals surface area contributed by atoms with Crippen LogP contribution in [0.1, 0.15) is 44.2 Å². The Hall–Kier alpha value is -2.41. The summed E-state index contributed by atoms with van der Waals surface area (Å²) in [6.45, 7) is 3.79. The van der Waals surface area contributed by atoms with Crippen LogP contribution < -0.4 is 5.32 Å². The maximum absolute atomic E-state index is 12.6. The zero-order chi connectivity index (χ0) is 19.9. The highest BCUT2D eigenvalue weighted by Crippen LogP contribution is 2.23. The van der Waals surface area contributed by atoms with Gasteiger partial charge < -0.3 is 10.2 Å². The summed E-state index contributed by atoms with van der Waals surface area (Å²) in [5.74, 6) is 0.601. The van der Waals surface area contributed by atoms with Crippen molar-refractivity contribution in [1.29, 1.82) is 0 Å². The number of likely N-dealkylation sites (tertiary alicyclic amines) is 1. The molecule has 2 aromatic rings. The Labute approximate surface area is 170 Å². The Kier molecular flexibility index (Phi) is 7.03. The third-order valence-electron chi connectivity index (χ3n) is 5.28. The number of aromatic nitrogens is 3. The molecule has 2 heterocycles. The average molecular weight is 404 g/mol. The SMILES string of the molecule is C[C@H](C(=O)N1CCC(CCC(=O)NCc2cccc(Cl)c2)CC1)n1cncn1. The lowest BCUT2D eigenvalue weighted by atomic mass is 9.91. The molecule has 1 aliphatic heterocycles. The minimum atomic E-state index is -0.337. The van der Waals surface area contributed by atoms with Crippen molar-refractivity contribution in [2.45, 2.75) is 45.2 Å². The quantitative estimate of drug-likeness (QED) is 0.770. The molecule has 8 heteroatoms. The number of nitrogens with one attached hydrogen (secondary N) is 1. The van der Waals surface area contributed by atoms with Crippen LogP contribution in [-0.2, 0) is 16.1 Å². The van der Waals surface area contributed by atoms with E-state index in [-0.39, 0.29) is 17.9 Å². The van der Waals surface area contributed by atoms with Crippen molar-refractivity contribution in [3.05, 3.63) is 47.5 Å². The molecule has 1 saturated heterocycles. The predicted molar refractivity (Wildman–Crippen MR) is 107 cm³/mol. The van der Waals surface area contributed by atoms with E-state index in [9.17, 15) is 9.59 Å². The Morgan fingerprint density at radius 2 is 2.11 bits per heavy atom. The largest absolute Gasteiger partial charge is 0.352 e. The van der Waals surface area contributed by atoms with E-state index in [0.717, 1.165) is 37.9 Å². The third-order valence-corrected chi connectivity index (χ3v) is 5.51. The van der Waals surface area contributed by atoms with Crippen molar-refractivity contribution in [2.75, 3.05) is 13.1 Å². The highest BCUT2D eigenvalue weighted by molar-refractivity contribution is 6.30. The van der Waals surface area contributed by atoms with Crippen LogP contribution >= 0.6 is 11.6 Å². The van der Waals surface area contributed by atoms with Gasteiger partial charge in [0.05, 0.1) is 0 Å². The van der Waals surface area contributed by atoms with Crippen LogP contribution in [0.4, 0.5) is 0 Å². The molecule has 1 aromatic heterocycles. The molecule has 0 bridgehead atoms. The summed E-state index contributed by atoms with van der Waals surface area (Å²) >= 11 is 5.96. The summed E-state index contributed by atoms with van der Waals surface area (Å²) in [6.07, 6.45) is 6.22. The minimum Gasteiger partial charge on any atom is -0.352 e. The van der Waals surface area contributed by atoms with Gasteiger partial charge in [-0.25, -0.2) is 9.67 Å². The lowest BCUT2D eigenvalue weighted by Crippen LogP contribution is -2.42. The molecular formula is C20H26ClN5O2. The van der Waals surface area contributed by atoms with Gasteiger partial charge >= 0.3 is 0 Å². The second-order valence-corrected chi connectivity index (χ2v) is 7.70. The van der Waals surface area contributed by atoms with Gasteiger partial charge in [-0.1, -0.05) is 23.7 Å². The van der Waals surface area contributed by atoms with Crippen LogP contribution in [0.5, 0.6) is 0 Å². The van der Waals surface area contributed by atoms with E-state index >= 15 is 0 Å². The number of piperidine rings is 1. The Balaban J connectivity index is 1.36. The zero-order valence-electron chi connectivity index (χ0n) is 16.1. The number of amides is 2. The number of hydrogen-bond acceptors (Lipinski definition) is 4. The first kappa shape index (κ1) is 20.3. The monoisotopic (exact) mass is 403 g/mol. The van der Waals surface area contributed by atoms with Gasteiger partial charge in [0.1, 0.15) is 18.7 Å². The summed E-state index contributed by atoms with van der Waals surface area (Å²) in [5.41, 5.74) is 0.995. The van der Waals surface area contributed by atoms with E-state index in [1.54, 1.807) is 11.0 Å². The van der Waals surface area contributed by atoms with Crippen LogP contribution in [0, 0.1) is 5.92 Å². The fourth-order valence-electron chi connectivity index (χ4n) is 3.51. The van der Waals surface area contributed by atoms with Gasteiger partial charge in [-0.15, -0.1) is 0 Å². The highest BCUT2D eigenvalue weighted by Gasteiger charge is 2.27. The van der Waals surface area contributed by atoms with E-state index in [2.05, 4.69) is 15.4 Å². The topological polar surface area (TPSA) is 80.1 Å². The molecule has 0 unspecified atom stereocenters. The molecule has 28 heavy (non-hydrogen) atoms. The number of benzene rings is 1. The summed E-state index contributed by atoms with van der Waals surface area (Å²) in [6, 6.07) is 7.16. The number of carbonyl (C=O) groups is 2. The summed E-state index contributed by atoms with van der Waals surface area (Å²) < 4.78 is 1.58. The normalized spacial score (nSPS) is 16.0. The molecule has 1 aromatic carbocycles. The molecule has 7 nitrogen and oxygen atoms in total. The van der Waals surface area contributed by atoms with E-state index < -0.39 is 0 Å². The van der Waals surface area contributed by atoms with Crippen LogP contribution in [-0.4, -0.2) is 44.6 Å². The predicted octanol–water partition coefficient (Wildman–Crippen LogP) is 2.83. The highest BCUT2D eigenvalue weighted by atomic mass is 35.5. The fraction of sp³-hybridized carbons (Fsp3) is 0.500. The Morgan fingerprint density at radius 3 is 2.79 bits per heavy atom. The molecule has 0 spiro atoms.